The maximum Gasteiger partial charge on any atom is 0.407 e. The van der Waals surface area contributed by atoms with E-state index < -0.39 is 6.09 Å². The first-order chi connectivity index (χ1) is 8.49. The molecule has 0 saturated carbocycles. The maximum absolute atomic E-state index is 10.9. The summed E-state index contributed by atoms with van der Waals surface area (Å²) in [5, 5.41) is 8.95. The predicted octanol–water partition coefficient (Wildman–Crippen LogP) is 1.16. The van der Waals surface area contributed by atoms with E-state index in [4.69, 9.17) is 10.8 Å². The first-order valence-electron chi connectivity index (χ1n) is 5.92. The van der Waals surface area contributed by atoms with E-state index in [-0.39, 0.29) is 6.04 Å². The van der Waals surface area contributed by atoms with Crippen LogP contribution < -0.4 is 10.6 Å². The first-order valence-corrected chi connectivity index (χ1v) is 5.92. The second kappa shape index (κ2) is 4.72. The van der Waals surface area contributed by atoms with Crippen molar-refractivity contribution in [1.29, 1.82) is 0 Å². The third-order valence-corrected chi connectivity index (χ3v) is 3.47. The van der Waals surface area contributed by atoms with Gasteiger partial charge in [0.1, 0.15) is 5.82 Å². The third-order valence-electron chi connectivity index (χ3n) is 3.47. The highest BCUT2D eigenvalue weighted by Gasteiger charge is 2.28. The van der Waals surface area contributed by atoms with E-state index in [0.717, 1.165) is 24.3 Å². The van der Waals surface area contributed by atoms with Crippen molar-refractivity contribution in [1.82, 2.24) is 9.88 Å². The van der Waals surface area contributed by atoms with Crippen LogP contribution in [0.15, 0.2) is 12.3 Å². The molecule has 0 aromatic carbocycles. The lowest BCUT2D eigenvalue weighted by molar-refractivity contribution is 0.142. The van der Waals surface area contributed by atoms with Crippen molar-refractivity contribution in [2.75, 3.05) is 30.8 Å². The molecule has 1 aromatic rings. The zero-order chi connectivity index (χ0) is 13.3. The minimum Gasteiger partial charge on any atom is -0.465 e. The van der Waals surface area contributed by atoms with Gasteiger partial charge in [-0.3, -0.25) is 0 Å². The molecule has 6 heteroatoms. The number of carboxylic acid groups (broad SMARTS) is 1. The number of anilines is 2. The van der Waals surface area contributed by atoms with Crippen LogP contribution in [0.2, 0.25) is 0 Å². The summed E-state index contributed by atoms with van der Waals surface area (Å²) in [4.78, 5) is 18.7. The number of nitrogens with two attached hydrogens (primary N) is 1. The molecule has 1 aromatic heterocycles. The summed E-state index contributed by atoms with van der Waals surface area (Å²) < 4.78 is 0. The number of aromatic nitrogens is 1. The van der Waals surface area contributed by atoms with Crippen molar-refractivity contribution in [3.63, 3.8) is 0 Å². The van der Waals surface area contributed by atoms with E-state index in [2.05, 4.69) is 9.88 Å². The minimum atomic E-state index is -0.886. The highest BCUT2D eigenvalue weighted by atomic mass is 16.4. The zero-order valence-electron chi connectivity index (χ0n) is 10.6. The molecule has 0 aliphatic carbocycles. The molecule has 1 aliphatic heterocycles. The van der Waals surface area contributed by atoms with Crippen molar-refractivity contribution in [3.8, 4) is 0 Å². The molecule has 18 heavy (non-hydrogen) atoms. The third kappa shape index (κ3) is 2.32. The van der Waals surface area contributed by atoms with Gasteiger partial charge in [-0.2, -0.15) is 0 Å². The number of amides is 1. The maximum atomic E-state index is 10.9. The average molecular weight is 250 g/mol. The molecule has 6 nitrogen and oxygen atoms in total. The Morgan fingerprint density at radius 3 is 3.00 bits per heavy atom. The quantitative estimate of drug-likeness (QED) is 0.823. The molecule has 1 amide bonds. The molecule has 2 heterocycles. The fourth-order valence-corrected chi connectivity index (χ4v) is 2.15. The van der Waals surface area contributed by atoms with E-state index >= 15 is 0 Å². The van der Waals surface area contributed by atoms with Crippen LogP contribution >= 0.6 is 0 Å². The Labute approximate surface area is 106 Å². The van der Waals surface area contributed by atoms with Gasteiger partial charge in [-0.05, 0) is 25.0 Å². The van der Waals surface area contributed by atoms with Crippen LogP contribution in [0, 0.1) is 6.92 Å². The largest absolute Gasteiger partial charge is 0.465 e. The van der Waals surface area contributed by atoms with Gasteiger partial charge >= 0.3 is 6.09 Å². The molecule has 0 radical (unpaired) electrons. The van der Waals surface area contributed by atoms with Crippen molar-refractivity contribution in [2.45, 2.75) is 19.4 Å². The molecule has 1 aliphatic rings. The van der Waals surface area contributed by atoms with E-state index in [1.807, 2.05) is 13.0 Å². The SMILES string of the molecule is Cc1cc(N2CCC(N(C)C(=O)O)C2)ncc1N. The normalized spacial score (nSPS) is 19.0. The highest BCUT2D eigenvalue weighted by molar-refractivity contribution is 5.65. The molecule has 98 valence electrons. The van der Waals surface area contributed by atoms with Crippen molar-refractivity contribution in [3.05, 3.63) is 17.8 Å². The highest BCUT2D eigenvalue weighted by Crippen LogP contribution is 2.23. The molecule has 1 fully saturated rings. The van der Waals surface area contributed by atoms with Crippen LogP contribution in [-0.4, -0.2) is 47.3 Å². The Morgan fingerprint density at radius 1 is 1.67 bits per heavy atom. The number of nitrogen functional groups attached to an aromatic ring is 1. The van der Waals surface area contributed by atoms with Gasteiger partial charge in [0.15, 0.2) is 0 Å². The lowest BCUT2D eigenvalue weighted by atomic mass is 10.2. The molecule has 3 N–H and O–H groups in total. The molecular weight excluding hydrogens is 232 g/mol. The number of hydrogen-bond acceptors (Lipinski definition) is 4. The molecule has 0 bridgehead atoms. The second-order valence-electron chi connectivity index (χ2n) is 4.68. The fourth-order valence-electron chi connectivity index (χ4n) is 2.15. The lowest BCUT2D eigenvalue weighted by Gasteiger charge is -2.22. The van der Waals surface area contributed by atoms with Gasteiger partial charge in [-0.25, -0.2) is 9.78 Å². The second-order valence-corrected chi connectivity index (χ2v) is 4.68. The number of aryl methyl sites for hydroxylation is 1. The van der Waals surface area contributed by atoms with Crippen LogP contribution in [0.25, 0.3) is 0 Å². The van der Waals surface area contributed by atoms with Crippen LogP contribution in [0.5, 0.6) is 0 Å². The van der Waals surface area contributed by atoms with E-state index in [0.29, 0.717) is 12.2 Å². The van der Waals surface area contributed by atoms with Gasteiger partial charge < -0.3 is 20.6 Å². The van der Waals surface area contributed by atoms with Gasteiger partial charge in [-0.1, -0.05) is 0 Å². The number of hydrogen-bond donors (Lipinski definition) is 2. The number of nitrogens with zero attached hydrogens (tertiary/aromatic N) is 3. The van der Waals surface area contributed by atoms with E-state index in [1.54, 1.807) is 13.2 Å². The fraction of sp³-hybridized carbons (Fsp3) is 0.500. The average Bonchev–Trinajstić information content (AvgIpc) is 2.81. The summed E-state index contributed by atoms with van der Waals surface area (Å²) in [5.74, 6) is 0.864. The number of rotatable bonds is 2. The summed E-state index contributed by atoms with van der Waals surface area (Å²) in [6.07, 6.45) is 1.59. The van der Waals surface area contributed by atoms with Crippen molar-refractivity contribution >= 4 is 17.6 Å². The van der Waals surface area contributed by atoms with Gasteiger partial charge in [-0.15, -0.1) is 0 Å². The van der Waals surface area contributed by atoms with E-state index in [9.17, 15) is 4.79 Å². The molecule has 0 spiro atoms. The van der Waals surface area contributed by atoms with Crippen LogP contribution in [-0.2, 0) is 0 Å². The Bertz CT molecular complexity index is 463. The molecule has 1 saturated heterocycles. The first kappa shape index (κ1) is 12.5. The number of pyridine rings is 1. The Morgan fingerprint density at radius 2 is 2.39 bits per heavy atom. The molecular formula is C12H18N4O2. The topological polar surface area (TPSA) is 82.7 Å². The summed E-state index contributed by atoms with van der Waals surface area (Å²) in [6, 6.07) is 1.97. The standard InChI is InChI=1S/C12H18N4O2/c1-8-5-11(14-6-10(8)13)16-4-3-9(7-16)15(2)12(17)18/h5-6,9H,3-4,7,13H2,1-2H3,(H,17,18). The van der Waals surface area contributed by atoms with Crippen LogP contribution in [0.4, 0.5) is 16.3 Å². The Kier molecular flexibility index (Phi) is 3.27. The zero-order valence-corrected chi connectivity index (χ0v) is 10.6. The monoisotopic (exact) mass is 250 g/mol. The summed E-state index contributed by atoms with van der Waals surface area (Å²) in [7, 11) is 1.61. The summed E-state index contributed by atoms with van der Waals surface area (Å²) in [6.45, 7) is 3.44. The van der Waals surface area contributed by atoms with Crippen molar-refractivity contribution in [2.24, 2.45) is 0 Å². The van der Waals surface area contributed by atoms with Crippen LogP contribution in [0.3, 0.4) is 0 Å². The summed E-state index contributed by atoms with van der Waals surface area (Å²) >= 11 is 0. The smallest absolute Gasteiger partial charge is 0.407 e. The lowest BCUT2D eigenvalue weighted by Crippen LogP contribution is -2.38. The molecule has 1 atom stereocenters. The van der Waals surface area contributed by atoms with Crippen molar-refractivity contribution < 1.29 is 9.90 Å². The molecule has 2 rings (SSSR count). The Balaban J connectivity index is 2.08. The van der Waals surface area contributed by atoms with Crippen LogP contribution in [0.1, 0.15) is 12.0 Å². The van der Waals surface area contributed by atoms with Gasteiger partial charge in [0.05, 0.1) is 17.9 Å². The summed E-state index contributed by atoms with van der Waals surface area (Å²) in [5.41, 5.74) is 7.41. The van der Waals surface area contributed by atoms with Gasteiger partial charge in [0.2, 0.25) is 0 Å². The molecule has 1 unspecified atom stereocenters. The predicted molar refractivity (Wildman–Crippen MR) is 69.8 cm³/mol. The van der Waals surface area contributed by atoms with E-state index in [1.165, 1.54) is 4.90 Å². The minimum absolute atomic E-state index is 0.0298. The number of likely N-dealkylation sites (N-methyl/N-ethyl adjacent to an activating group) is 1. The Hall–Kier alpha value is -1.98. The number of carbonyl (C=O) groups is 1. The van der Waals surface area contributed by atoms with Gasteiger partial charge in [0.25, 0.3) is 0 Å². The van der Waals surface area contributed by atoms with Gasteiger partial charge in [0, 0.05) is 20.1 Å².